The number of hydrogen-bond donors (Lipinski definition) is 2. The van der Waals surface area contributed by atoms with Crippen molar-refractivity contribution in [2.75, 3.05) is 11.9 Å². The van der Waals surface area contributed by atoms with Gasteiger partial charge in [0.2, 0.25) is 0 Å². The maximum absolute atomic E-state index is 10.7. The van der Waals surface area contributed by atoms with Gasteiger partial charge in [-0.1, -0.05) is 17.7 Å². The van der Waals surface area contributed by atoms with Gasteiger partial charge in [-0.25, -0.2) is 0 Å². The van der Waals surface area contributed by atoms with Crippen molar-refractivity contribution in [1.82, 2.24) is 0 Å². The monoisotopic (exact) mass is 208 g/mol. The van der Waals surface area contributed by atoms with Gasteiger partial charge in [-0.05, 0) is 19.1 Å². The minimum Gasteiger partial charge on any atom is -0.441 e. The van der Waals surface area contributed by atoms with Crippen LogP contribution in [-0.2, 0) is 9.53 Å². The van der Waals surface area contributed by atoms with Crippen LogP contribution in [0.15, 0.2) is 24.3 Å². The molecule has 4 nitrogen and oxygen atoms in total. The number of nitrogens with two attached hydrogens (primary N) is 1. The molecule has 1 unspecified atom stereocenters. The van der Waals surface area contributed by atoms with E-state index in [2.05, 4.69) is 5.32 Å². The van der Waals surface area contributed by atoms with E-state index >= 15 is 0 Å². The van der Waals surface area contributed by atoms with Crippen LogP contribution in [0, 0.1) is 6.92 Å². The van der Waals surface area contributed by atoms with Crippen molar-refractivity contribution in [3.63, 3.8) is 0 Å². The highest BCUT2D eigenvalue weighted by atomic mass is 16.6. The number of hydrogen-bond acceptors (Lipinski definition) is 4. The predicted molar refractivity (Wildman–Crippen MR) is 59.4 cm³/mol. The first-order chi connectivity index (χ1) is 7.11. The Morgan fingerprint density at radius 2 is 2.07 bits per heavy atom. The van der Waals surface area contributed by atoms with Gasteiger partial charge in [-0.3, -0.25) is 4.79 Å². The fourth-order valence-corrected chi connectivity index (χ4v) is 1.17. The Morgan fingerprint density at radius 3 is 2.53 bits per heavy atom. The number of ether oxygens (including phenoxy) is 1. The van der Waals surface area contributed by atoms with Crippen LogP contribution in [-0.4, -0.2) is 18.7 Å². The fraction of sp³-hybridized carbons (Fsp3) is 0.364. The number of carbonyl (C=O) groups is 1. The van der Waals surface area contributed by atoms with Crippen LogP contribution < -0.4 is 11.1 Å². The van der Waals surface area contributed by atoms with Crippen molar-refractivity contribution in [2.45, 2.75) is 20.1 Å². The zero-order valence-corrected chi connectivity index (χ0v) is 8.99. The summed E-state index contributed by atoms with van der Waals surface area (Å²) in [7, 11) is 0. The first-order valence-corrected chi connectivity index (χ1v) is 4.82. The van der Waals surface area contributed by atoms with Crippen molar-refractivity contribution < 1.29 is 9.53 Å². The molecule has 0 bridgehead atoms. The largest absolute Gasteiger partial charge is 0.441 e. The van der Waals surface area contributed by atoms with Crippen LogP contribution >= 0.6 is 0 Å². The molecular weight excluding hydrogens is 192 g/mol. The second kappa shape index (κ2) is 5.36. The molecule has 1 aromatic rings. The number of benzene rings is 1. The molecule has 4 heteroatoms. The van der Waals surface area contributed by atoms with Gasteiger partial charge in [-0.15, -0.1) is 0 Å². The molecule has 0 aliphatic heterocycles. The summed E-state index contributed by atoms with van der Waals surface area (Å²) >= 11 is 0. The summed E-state index contributed by atoms with van der Waals surface area (Å²) in [5.41, 5.74) is 7.52. The van der Waals surface area contributed by atoms with Crippen molar-refractivity contribution in [1.29, 1.82) is 0 Å². The number of aryl methyl sites for hydroxylation is 1. The lowest BCUT2D eigenvalue weighted by molar-refractivity contribution is -0.144. The van der Waals surface area contributed by atoms with E-state index in [1.807, 2.05) is 31.2 Å². The lowest BCUT2D eigenvalue weighted by Gasteiger charge is -2.17. The van der Waals surface area contributed by atoms with Gasteiger partial charge in [0.15, 0.2) is 6.23 Å². The van der Waals surface area contributed by atoms with Crippen LogP contribution in [0.5, 0.6) is 0 Å². The van der Waals surface area contributed by atoms with Crippen molar-refractivity contribution in [3.8, 4) is 0 Å². The molecule has 0 fully saturated rings. The summed E-state index contributed by atoms with van der Waals surface area (Å²) in [5, 5.41) is 3.02. The van der Waals surface area contributed by atoms with Crippen LogP contribution in [0.4, 0.5) is 5.69 Å². The Kier molecular flexibility index (Phi) is 4.12. The molecule has 0 saturated carbocycles. The Morgan fingerprint density at radius 1 is 1.47 bits per heavy atom. The summed E-state index contributed by atoms with van der Waals surface area (Å²) in [4.78, 5) is 10.7. The molecule has 82 valence electrons. The molecule has 0 heterocycles. The van der Waals surface area contributed by atoms with Gasteiger partial charge in [0.05, 0.1) is 0 Å². The molecule has 0 radical (unpaired) electrons. The molecular formula is C11H16N2O2. The number of esters is 1. The lowest BCUT2D eigenvalue weighted by Crippen LogP contribution is -2.33. The SMILES string of the molecule is CC(=O)OC(CN)Nc1ccc(C)cc1. The third-order valence-corrected chi connectivity index (χ3v) is 1.90. The smallest absolute Gasteiger partial charge is 0.304 e. The van der Waals surface area contributed by atoms with E-state index in [4.69, 9.17) is 10.5 Å². The van der Waals surface area contributed by atoms with Crippen LogP contribution in [0.2, 0.25) is 0 Å². The molecule has 3 N–H and O–H groups in total. The molecule has 0 saturated heterocycles. The summed E-state index contributed by atoms with van der Waals surface area (Å²) in [5.74, 6) is -0.343. The van der Waals surface area contributed by atoms with Gasteiger partial charge in [-0.2, -0.15) is 0 Å². The summed E-state index contributed by atoms with van der Waals surface area (Å²) < 4.78 is 4.96. The van der Waals surface area contributed by atoms with Gasteiger partial charge in [0.25, 0.3) is 0 Å². The van der Waals surface area contributed by atoms with Crippen LogP contribution in [0.25, 0.3) is 0 Å². The summed E-state index contributed by atoms with van der Waals surface area (Å²) in [6.07, 6.45) is -0.467. The molecule has 0 amide bonds. The quantitative estimate of drug-likeness (QED) is 0.577. The lowest BCUT2D eigenvalue weighted by atomic mass is 10.2. The molecule has 1 atom stereocenters. The number of rotatable bonds is 4. The maximum atomic E-state index is 10.7. The topological polar surface area (TPSA) is 64.3 Å². The zero-order chi connectivity index (χ0) is 11.3. The number of carbonyl (C=O) groups excluding carboxylic acids is 1. The first-order valence-electron chi connectivity index (χ1n) is 4.82. The standard InChI is InChI=1S/C11H16N2O2/c1-8-3-5-10(6-4-8)13-11(7-12)15-9(2)14/h3-6,11,13H,7,12H2,1-2H3. The molecule has 0 aliphatic rings. The molecule has 15 heavy (non-hydrogen) atoms. The Bertz CT molecular complexity index is 322. The highest BCUT2D eigenvalue weighted by molar-refractivity contribution is 5.66. The third-order valence-electron chi connectivity index (χ3n) is 1.90. The average Bonchev–Trinajstić information content (AvgIpc) is 2.19. The van der Waals surface area contributed by atoms with Gasteiger partial charge >= 0.3 is 5.97 Å². The van der Waals surface area contributed by atoms with Gasteiger partial charge < -0.3 is 15.8 Å². The number of anilines is 1. The maximum Gasteiger partial charge on any atom is 0.304 e. The summed E-state index contributed by atoms with van der Waals surface area (Å²) in [6.45, 7) is 3.61. The van der Waals surface area contributed by atoms with E-state index in [1.165, 1.54) is 12.5 Å². The second-order valence-electron chi connectivity index (χ2n) is 3.34. The van der Waals surface area contributed by atoms with Crippen molar-refractivity contribution in [2.24, 2.45) is 5.73 Å². The molecule has 1 rings (SSSR count). The van der Waals surface area contributed by atoms with E-state index in [0.717, 1.165) is 5.69 Å². The van der Waals surface area contributed by atoms with Crippen molar-refractivity contribution >= 4 is 11.7 Å². The van der Waals surface area contributed by atoms with Crippen LogP contribution in [0.1, 0.15) is 12.5 Å². The average molecular weight is 208 g/mol. The molecule has 0 aromatic heterocycles. The Balaban J connectivity index is 2.58. The summed E-state index contributed by atoms with van der Waals surface area (Å²) in [6, 6.07) is 7.79. The zero-order valence-electron chi connectivity index (χ0n) is 8.99. The fourth-order valence-electron chi connectivity index (χ4n) is 1.17. The highest BCUT2D eigenvalue weighted by Gasteiger charge is 2.08. The van der Waals surface area contributed by atoms with Gasteiger partial charge in [0, 0.05) is 19.2 Å². The molecule has 0 aliphatic carbocycles. The Labute approximate surface area is 89.4 Å². The predicted octanol–water partition coefficient (Wildman–Crippen LogP) is 1.25. The minimum absolute atomic E-state index is 0.244. The second-order valence-corrected chi connectivity index (χ2v) is 3.34. The van der Waals surface area contributed by atoms with E-state index < -0.39 is 6.23 Å². The van der Waals surface area contributed by atoms with E-state index in [9.17, 15) is 4.79 Å². The first kappa shape index (κ1) is 11.5. The molecule has 0 spiro atoms. The van der Waals surface area contributed by atoms with E-state index in [0.29, 0.717) is 0 Å². The van der Waals surface area contributed by atoms with E-state index in [1.54, 1.807) is 0 Å². The van der Waals surface area contributed by atoms with Crippen molar-refractivity contribution in [3.05, 3.63) is 29.8 Å². The van der Waals surface area contributed by atoms with E-state index in [-0.39, 0.29) is 12.5 Å². The molecule has 1 aromatic carbocycles. The van der Waals surface area contributed by atoms with Gasteiger partial charge in [0.1, 0.15) is 0 Å². The third kappa shape index (κ3) is 3.99. The normalized spacial score (nSPS) is 11.9. The highest BCUT2D eigenvalue weighted by Crippen LogP contribution is 2.10. The minimum atomic E-state index is -0.467. The van der Waals surface area contributed by atoms with Crippen LogP contribution in [0.3, 0.4) is 0 Å². The number of nitrogens with one attached hydrogen (secondary N) is 1. The Hall–Kier alpha value is -1.55.